The van der Waals surface area contributed by atoms with Gasteiger partial charge < -0.3 is 4.74 Å². The predicted octanol–water partition coefficient (Wildman–Crippen LogP) is 2.69. The van der Waals surface area contributed by atoms with E-state index < -0.39 is 9.84 Å². The summed E-state index contributed by atoms with van der Waals surface area (Å²) in [5.41, 5.74) is 2.19. The van der Waals surface area contributed by atoms with Crippen LogP contribution in [0.15, 0.2) is 53.4 Å². The SMILES string of the molecule is CCC(c1nnnn1CS(=O)(=O)c1ccc(C)cc1)N1CCN(Cc2ccccc2OC)CC1. The van der Waals surface area contributed by atoms with Crippen LogP contribution in [-0.4, -0.2) is 71.7 Å². The average Bonchev–Trinajstić information content (AvgIpc) is 3.28. The molecule has 1 saturated heterocycles. The molecule has 4 rings (SSSR count). The largest absolute Gasteiger partial charge is 0.496 e. The molecule has 182 valence electrons. The standard InChI is InChI=1S/C24H32N6O3S/c1-4-22(29-15-13-28(14-16-29)17-20-7-5-6-8-23(20)33-3)24-25-26-27-30(24)18-34(31,32)21-11-9-19(2)10-12-21/h5-12,22H,4,13-18H2,1-3H3. The van der Waals surface area contributed by atoms with Gasteiger partial charge >= 0.3 is 0 Å². The Balaban J connectivity index is 1.43. The summed E-state index contributed by atoms with van der Waals surface area (Å²) in [6.07, 6.45) is 0.789. The molecule has 0 aliphatic carbocycles. The van der Waals surface area contributed by atoms with Crippen LogP contribution in [-0.2, 0) is 22.3 Å². The summed E-state index contributed by atoms with van der Waals surface area (Å²) < 4.78 is 32.9. The lowest BCUT2D eigenvalue weighted by atomic mass is 10.1. The number of methoxy groups -OCH3 is 1. The van der Waals surface area contributed by atoms with Crippen molar-refractivity contribution in [2.45, 2.75) is 43.6 Å². The molecule has 1 fully saturated rings. The number of piperazine rings is 1. The van der Waals surface area contributed by atoms with Crippen LogP contribution < -0.4 is 4.74 Å². The average molecular weight is 485 g/mol. The zero-order valence-corrected chi connectivity index (χ0v) is 20.8. The molecule has 1 atom stereocenters. The summed E-state index contributed by atoms with van der Waals surface area (Å²) in [6.45, 7) is 8.35. The van der Waals surface area contributed by atoms with Crippen molar-refractivity contribution in [2.24, 2.45) is 0 Å². The molecular weight excluding hydrogens is 452 g/mol. The second-order valence-corrected chi connectivity index (χ2v) is 10.6. The summed E-state index contributed by atoms with van der Waals surface area (Å²) >= 11 is 0. The van der Waals surface area contributed by atoms with E-state index in [0.717, 1.165) is 50.5 Å². The summed E-state index contributed by atoms with van der Waals surface area (Å²) in [5.74, 6) is 1.23. The predicted molar refractivity (Wildman–Crippen MR) is 129 cm³/mol. The Labute approximate surface area is 201 Å². The first kappa shape index (κ1) is 24.3. The minimum atomic E-state index is -3.56. The van der Waals surface area contributed by atoms with Crippen molar-refractivity contribution >= 4 is 9.84 Å². The van der Waals surface area contributed by atoms with Crippen molar-refractivity contribution in [3.63, 3.8) is 0 Å². The fourth-order valence-electron chi connectivity index (χ4n) is 4.43. The molecule has 0 amide bonds. The molecule has 0 saturated carbocycles. The molecule has 0 spiro atoms. The number of aromatic nitrogens is 4. The van der Waals surface area contributed by atoms with Crippen molar-refractivity contribution in [2.75, 3.05) is 33.3 Å². The van der Waals surface area contributed by atoms with E-state index in [9.17, 15) is 8.42 Å². The lowest BCUT2D eigenvalue weighted by Gasteiger charge is -2.38. The maximum atomic E-state index is 13.0. The summed E-state index contributed by atoms with van der Waals surface area (Å²) in [7, 11) is -1.86. The molecular formula is C24H32N6O3S. The van der Waals surface area contributed by atoms with Gasteiger partial charge in [0.2, 0.25) is 0 Å². The Morgan fingerprint density at radius 1 is 1.03 bits per heavy atom. The monoisotopic (exact) mass is 484 g/mol. The van der Waals surface area contributed by atoms with E-state index in [4.69, 9.17) is 4.74 Å². The fraction of sp³-hybridized carbons (Fsp3) is 0.458. The van der Waals surface area contributed by atoms with Gasteiger partial charge in [-0.3, -0.25) is 9.80 Å². The minimum absolute atomic E-state index is 0.0448. The molecule has 34 heavy (non-hydrogen) atoms. The molecule has 2 heterocycles. The van der Waals surface area contributed by atoms with Gasteiger partial charge in [0.1, 0.15) is 5.75 Å². The van der Waals surface area contributed by atoms with Gasteiger partial charge in [0.15, 0.2) is 21.5 Å². The molecule has 0 bridgehead atoms. The lowest BCUT2D eigenvalue weighted by Crippen LogP contribution is -2.47. The van der Waals surface area contributed by atoms with Gasteiger partial charge in [0, 0.05) is 38.3 Å². The third-order valence-electron chi connectivity index (χ3n) is 6.35. The van der Waals surface area contributed by atoms with Crippen molar-refractivity contribution in [1.29, 1.82) is 0 Å². The second kappa shape index (κ2) is 10.6. The third kappa shape index (κ3) is 5.45. The Bertz CT molecular complexity index is 1190. The van der Waals surface area contributed by atoms with Crippen LogP contribution in [0.4, 0.5) is 0 Å². The van der Waals surface area contributed by atoms with Crippen molar-refractivity contribution < 1.29 is 13.2 Å². The number of aryl methyl sites for hydroxylation is 1. The van der Waals surface area contributed by atoms with Crippen LogP contribution in [0.5, 0.6) is 5.75 Å². The molecule has 2 aromatic carbocycles. The zero-order chi connectivity index (χ0) is 24.1. The van der Waals surface area contributed by atoms with E-state index in [1.165, 1.54) is 10.2 Å². The number of tetrazole rings is 1. The van der Waals surface area contributed by atoms with E-state index in [1.807, 2.05) is 25.1 Å². The normalized spacial score (nSPS) is 16.4. The molecule has 0 radical (unpaired) electrons. The number of nitrogens with zero attached hydrogens (tertiary/aromatic N) is 6. The Hall–Kier alpha value is -2.82. The second-order valence-electron chi connectivity index (χ2n) is 8.64. The topological polar surface area (TPSA) is 93.5 Å². The van der Waals surface area contributed by atoms with Gasteiger partial charge in [-0.15, -0.1) is 5.10 Å². The Morgan fingerprint density at radius 2 is 1.74 bits per heavy atom. The number of ether oxygens (including phenoxy) is 1. The van der Waals surface area contributed by atoms with Gasteiger partial charge in [-0.05, 0) is 42.0 Å². The minimum Gasteiger partial charge on any atom is -0.496 e. The highest BCUT2D eigenvalue weighted by molar-refractivity contribution is 7.90. The van der Waals surface area contributed by atoms with Crippen molar-refractivity contribution in [3.05, 3.63) is 65.5 Å². The molecule has 1 unspecified atom stereocenters. The maximum absolute atomic E-state index is 13.0. The van der Waals surface area contributed by atoms with Crippen LogP contribution >= 0.6 is 0 Å². The van der Waals surface area contributed by atoms with Gasteiger partial charge in [0.25, 0.3) is 0 Å². The first-order valence-corrected chi connectivity index (χ1v) is 13.2. The number of hydrogen-bond acceptors (Lipinski definition) is 8. The molecule has 9 nitrogen and oxygen atoms in total. The highest BCUT2D eigenvalue weighted by atomic mass is 32.2. The van der Waals surface area contributed by atoms with Gasteiger partial charge in [0.05, 0.1) is 18.0 Å². The lowest BCUT2D eigenvalue weighted by molar-refractivity contribution is 0.0841. The molecule has 1 aliphatic heterocycles. The number of sulfone groups is 1. The molecule has 1 aromatic heterocycles. The van der Waals surface area contributed by atoms with Crippen molar-refractivity contribution in [3.8, 4) is 5.75 Å². The summed E-state index contributed by atoms with van der Waals surface area (Å²) in [6, 6.07) is 14.9. The van der Waals surface area contributed by atoms with Crippen LogP contribution in [0, 0.1) is 6.92 Å². The maximum Gasteiger partial charge on any atom is 0.198 e. The van der Waals surface area contributed by atoms with Crippen LogP contribution in [0.25, 0.3) is 0 Å². The first-order valence-electron chi connectivity index (χ1n) is 11.5. The zero-order valence-electron chi connectivity index (χ0n) is 20.0. The third-order valence-corrected chi connectivity index (χ3v) is 7.93. The smallest absolute Gasteiger partial charge is 0.198 e. The van der Waals surface area contributed by atoms with Crippen LogP contribution in [0.1, 0.15) is 36.3 Å². The highest BCUT2D eigenvalue weighted by Gasteiger charge is 2.29. The Morgan fingerprint density at radius 3 is 2.41 bits per heavy atom. The van der Waals surface area contributed by atoms with E-state index in [2.05, 4.69) is 38.3 Å². The van der Waals surface area contributed by atoms with Crippen LogP contribution in [0.3, 0.4) is 0 Å². The summed E-state index contributed by atoms with van der Waals surface area (Å²) in [4.78, 5) is 5.03. The number of para-hydroxylation sites is 1. The molecule has 1 aliphatic rings. The van der Waals surface area contributed by atoms with E-state index >= 15 is 0 Å². The van der Waals surface area contributed by atoms with Crippen LogP contribution in [0.2, 0.25) is 0 Å². The fourth-order valence-corrected chi connectivity index (χ4v) is 5.64. The molecule has 10 heteroatoms. The van der Waals surface area contributed by atoms with Gasteiger partial charge in [-0.25, -0.2) is 13.1 Å². The highest BCUT2D eigenvalue weighted by Crippen LogP contribution is 2.26. The molecule has 0 N–H and O–H groups in total. The van der Waals surface area contributed by atoms with Crippen molar-refractivity contribution in [1.82, 2.24) is 30.0 Å². The quantitative estimate of drug-likeness (QED) is 0.458. The first-order chi connectivity index (χ1) is 16.4. The number of rotatable bonds is 9. The Kier molecular flexibility index (Phi) is 7.60. The molecule has 3 aromatic rings. The van der Waals surface area contributed by atoms with E-state index in [-0.39, 0.29) is 16.8 Å². The van der Waals surface area contributed by atoms with Gasteiger partial charge in [-0.2, -0.15) is 0 Å². The van der Waals surface area contributed by atoms with E-state index in [0.29, 0.717) is 5.82 Å². The number of benzene rings is 2. The van der Waals surface area contributed by atoms with E-state index in [1.54, 1.807) is 31.4 Å². The number of hydrogen-bond donors (Lipinski definition) is 0. The summed E-state index contributed by atoms with van der Waals surface area (Å²) in [5, 5.41) is 12.1. The van der Waals surface area contributed by atoms with Gasteiger partial charge in [-0.1, -0.05) is 42.8 Å².